The second-order valence-electron chi connectivity index (χ2n) is 5.27. The summed E-state index contributed by atoms with van der Waals surface area (Å²) in [7, 11) is 0. The fraction of sp³-hybridized carbons (Fsp3) is 0.333. The molecule has 0 spiro atoms. The molecule has 0 aliphatic carbocycles. The number of allylic oxidation sites excluding steroid dienone is 3. The Kier molecular flexibility index (Phi) is 5.18. The molecule has 1 heterocycles. The predicted molar refractivity (Wildman–Crippen MR) is 83.9 cm³/mol. The molecule has 21 heavy (non-hydrogen) atoms. The maximum absolute atomic E-state index is 8.87. The van der Waals surface area contributed by atoms with Gasteiger partial charge < -0.3 is 4.90 Å². The van der Waals surface area contributed by atoms with Crippen molar-refractivity contribution in [1.82, 2.24) is 4.90 Å². The normalized spacial score (nSPS) is 15.0. The van der Waals surface area contributed by atoms with Crippen molar-refractivity contribution < 1.29 is 0 Å². The molecule has 0 N–H and O–H groups in total. The van der Waals surface area contributed by atoms with E-state index in [1.54, 1.807) is 6.08 Å². The molecule has 1 aromatic rings. The first-order valence-electron chi connectivity index (χ1n) is 7.29. The number of benzene rings is 1. The van der Waals surface area contributed by atoms with E-state index in [1.807, 2.05) is 18.2 Å². The SMILES string of the molecule is Cc1ccc(C(=CC=C(C#N)C#N)N2CCCCC2)cc1. The Morgan fingerprint density at radius 3 is 2.19 bits per heavy atom. The third-order valence-corrected chi connectivity index (χ3v) is 3.69. The van der Waals surface area contributed by atoms with Gasteiger partial charge in [-0.3, -0.25) is 0 Å². The Balaban J connectivity index is 2.37. The van der Waals surface area contributed by atoms with Crippen LogP contribution in [0.25, 0.3) is 5.70 Å². The highest BCUT2D eigenvalue weighted by Gasteiger charge is 2.14. The maximum Gasteiger partial charge on any atom is 0.129 e. The van der Waals surface area contributed by atoms with Crippen molar-refractivity contribution in [2.24, 2.45) is 0 Å². The van der Waals surface area contributed by atoms with Crippen molar-refractivity contribution in [3.63, 3.8) is 0 Å². The summed E-state index contributed by atoms with van der Waals surface area (Å²) in [6.07, 6.45) is 7.17. The minimum Gasteiger partial charge on any atom is -0.371 e. The van der Waals surface area contributed by atoms with E-state index in [-0.39, 0.29) is 5.57 Å². The smallest absolute Gasteiger partial charge is 0.129 e. The Bertz CT molecular complexity index is 602. The van der Waals surface area contributed by atoms with Crippen molar-refractivity contribution in [3.05, 3.63) is 53.1 Å². The van der Waals surface area contributed by atoms with Gasteiger partial charge in [0.1, 0.15) is 17.7 Å². The summed E-state index contributed by atoms with van der Waals surface area (Å²) >= 11 is 0. The third-order valence-electron chi connectivity index (χ3n) is 3.69. The predicted octanol–water partition coefficient (Wildman–Crippen LogP) is 3.80. The molecule has 1 aliphatic heterocycles. The van der Waals surface area contributed by atoms with Crippen molar-refractivity contribution >= 4 is 5.70 Å². The lowest BCUT2D eigenvalue weighted by Gasteiger charge is -2.31. The molecule has 1 fully saturated rings. The molecule has 0 aromatic heterocycles. The van der Waals surface area contributed by atoms with Crippen LogP contribution in [0, 0.1) is 29.6 Å². The van der Waals surface area contributed by atoms with E-state index >= 15 is 0 Å². The molecule has 3 nitrogen and oxygen atoms in total. The van der Waals surface area contributed by atoms with Crippen molar-refractivity contribution in [2.75, 3.05) is 13.1 Å². The summed E-state index contributed by atoms with van der Waals surface area (Å²) in [6, 6.07) is 12.2. The van der Waals surface area contributed by atoms with E-state index in [4.69, 9.17) is 10.5 Å². The summed E-state index contributed by atoms with van der Waals surface area (Å²) in [5, 5.41) is 17.7. The molecule has 106 valence electrons. The number of aryl methyl sites for hydroxylation is 1. The summed E-state index contributed by atoms with van der Waals surface area (Å²) in [5.74, 6) is 0. The van der Waals surface area contributed by atoms with Crippen molar-refractivity contribution in [1.29, 1.82) is 10.5 Å². The monoisotopic (exact) mass is 277 g/mol. The standard InChI is InChI=1S/C18H19N3/c1-15-5-8-17(9-6-15)18(10-7-16(13-19)14-20)21-11-3-2-4-12-21/h5-10H,2-4,11-12H2,1H3. The third kappa shape index (κ3) is 3.97. The Morgan fingerprint density at radius 1 is 1.00 bits per heavy atom. The zero-order chi connectivity index (χ0) is 15.1. The molecule has 0 saturated carbocycles. The number of nitriles is 2. The number of rotatable bonds is 3. The zero-order valence-electron chi connectivity index (χ0n) is 12.3. The van der Waals surface area contributed by atoms with Crippen LogP contribution in [0.1, 0.15) is 30.4 Å². The van der Waals surface area contributed by atoms with Crippen LogP contribution in [0.4, 0.5) is 0 Å². The number of piperidine rings is 1. The van der Waals surface area contributed by atoms with Gasteiger partial charge in [0.25, 0.3) is 0 Å². The van der Waals surface area contributed by atoms with E-state index < -0.39 is 0 Å². The second-order valence-corrected chi connectivity index (χ2v) is 5.27. The lowest BCUT2D eigenvalue weighted by atomic mass is 10.0. The van der Waals surface area contributed by atoms with Crippen LogP contribution in [-0.2, 0) is 0 Å². The minimum atomic E-state index is 0.136. The van der Waals surface area contributed by atoms with Crippen molar-refractivity contribution in [3.8, 4) is 12.1 Å². The van der Waals surface area contributed by atoms with Crippen LogP contribution in [0.5, 0.6) is 0 Å². The first-order valence-corrected chi connectivity index (χ1v) is 7.29. The van der Waals surface area contributed by atoms with Crippen LogP contribution in [-0.4, -0.2) is 18.0 Å². The first kappa shape index (κ1) is 14.9. The van der Waals surface area contributed by atoms with Gasteiger partial charge in [0.2, 0.25) is 0 Å². The van der Waals surface area contributed by atoms with Gasteiger partial charge in [0, 0.05) is 18.8 Å². The average molecular weight is 277 g/mol. The van der Waals surface area contributed by atoms with Gasteiger partial charge in [0.15, 0.2) is 0 Å². The first-order chi connectivity index (χ1) is 10.2. The van der Waals surface area contributed by atoms with Crippen molar-refractivity contribution in [2.45, 2.75) is 26.2 Å². The van der Waals surface area contributed by atoms with Gasteiger partial charge in [-0.25, -0.2) is 0 Å². The van der Waals surface area contributed by atoms with E-state index in [9.17, 15) is 0 Å². The molecule has 1 saturated heterocycles. The molecular weight excluding hydrogens is 258 g/mol. The topological polar surface area (TPSA) is 50.8 Å². The quantitative estimate of drug-likeness (QED) is 0.624. The Labute approximate surface area is 126 Å². The molecule has 0 unspecified atom stereocenters. The second kappa shape index (κ2) is 7.31. The molecule has 3 heteroatoms. The highest BCUT2D eigenvalue weighted by molar-refractivity contribution is 5.66. The van der Waals surface area contributed by atoms with Crippen LogP contribution in [0.15, 0.2) is 42.0 Å². The van der Waals surface area contributed by atoms with E-state index in [1.165, 1.54) is 24.8 Å². The largest absolute Gasteiger partial charge is 0.371 e. The number of likely N-dealkylation sites (tertiary alicyclic amines) is 1. The fourth-order valence-electron chi connectivity index (χ4n) is 2.51. The lowest BCUT2D eigenvalue weighted by molar-refractivity contribution is 0.326. The molecular formula is C18H19N3. The molecule has 0 amide bonds. The summed E-state index contributed by atoms with van der Waals surface area (Å²) in [4.78, 5) is 2.34. The van der Waals surface area contributed by atoms with Crippen LogP contribution < -0.4 is 0 Å². The van der Waals surface area contributed by atoms with Crippen LogP contribution >= 0.6 is 0 Å². The zero-order valence-corrected chi connectivity index (χ0v) is 12.3. The minimum absolute atomic E-state index is 0.136. The summed E-state index contributed by atoms with van der Waals surface area (Å²) in [5.41, 5.74) is 3.59. The molecule has 0 bridgehead atoms. The van der Waals surface area contributed by atoms with Gasteiger partial charge in [-0.1, -0.05) is 29.8 Å². The fourth-order valence-corrected chi connectivity index (χ4v) is 2.51. The molecule has 2 rings (SSSR count). The van der Waals surface area contributed by atoms with Gasteiger partial charge in [-0.05, 0) is 43.9 Å². The van der Waals surface area contributed by atoms with E-state index in [2.05, 4.69) is 36.1 Å². The Morgan fingerprint density at radius 2 is 1.62 bits per heavy atom. The number of hydrogen-bond acceptors (Lipinski definition) is 3. The number of hydrogen-bond donors (Lipinski definition) is 0. The molecule has 1 aromatic carbocycles. The summed E-state index contributed by atoms with van der Waals surface area (Å²) in [6.45, 7) is 4.13. The van der Waals surface area contributed by atoms with Gasteiger partial charge in [-0.15, -0.1) is 0 Å². The van der Waals surface area contributed by atoms with Gasteiger partial charge in [-0.2, -0.15) is 10.5 Å². The maximum atomic E-state index is 8.87. The Hall–Kier alpha value is -2.52. The summed E-state index contributed by atoms with van der Waals surface area (Å²) < 4.78 is 0. The molecule has 1 aliphatic rings. The molecule has 0 radical (unpaired) electrons. The molecule has 0 atom stereocenters. The lowest BCUT2D eigenvalue weighted by Crippen LogP contribution is -2.28. The average Bonchev–Trinajstić information content (AvgIpc) is 2.54. The highest BCUT2D eigenvalue weighted by Crippen LogP contribution is 2.24. The highest BCUT2D eigenvalue weighted by atomic mass is 15.1. The van der Waals surface area contributed by atoms with Crippen LogP contribution in [0.2, 0.25) is 0 Å². The van der Waals surface area contributed by atoms with Crippen LogP contribution in [0.3, 0.4) is 0 Å². The number of nitrogens with zero attached hydrogens (tertiary/aromatic N) is 3. The van der Waals surface area contributed by atoms with E-state index in [0.717, 1.165) is 24.4 Å². The van der Waals surface area contributed by atoms with Gasteiger partial charge >= 0.3 is 0 Å². The van der Waals surface area contributed by atoms with Gasteiger partial charge in [0.05, 0.1) is 0 Å². The van der Waals surface area contributed by atoms with E-state index in [0.29, 0.717) is 0 Å².